The van der Waals surface area contributed by atoms with Crippen molar-refractivity contribution in [3.8, 4) is 0 Å². The number of carbonyl (C=O) groups is 2. The lowest BCUT2D eigenvalue weighted by Crippen LogP contribution is -2.31. The predicted molar refractivity (Wildman–Crippen MR) is 45.6 cm³/mol. The van der Waals surface area contributed by atoms with E-state index >= 15 is 0 Å². The van der Waals surface area contributed by atoms with Crippen molar-refractivity contribution in [3.63, 3.8) is 0 Å². The lowest BCUT2D eigenvalue weighted by Gasteiger charge is -2.13. The zero-order valence-electron chi connectivity index (χ0n) is 7.83. The van der Waals surface area contributed by atoms with E-state index in [-0.39, 0.29) is 11.8 Å². The second kappa shape index (κ2) is 5.57. The number of rotatable bonds is 4. The van der Waals surface area contributed by atoms with Crippen molar-refractivity contribution in [2.45, 2.75) is 20.3 Å². The summed E-state index contributed by atoms with van der Waals surface area (Å²) in [5, 5.41) is 3.73. The maximum absolute atomic E-state index is 10.7. The summed E-state index contributed by atoms with van der Waals surface area (Å²) >= 11 is 0. The predicted octanol–water partition coefficient (Wildman–Crippen LogP) is 0.00570. The van der Waals surface area contributed by atoms with Crippen LogP contribution in [0.15, 0.2) is 0 Å². The van der Waals surface area contributed by atoms with Crippen LogP contribution in [0.3, 0.4) is 0 Å². The van der Waals surface area contributed by atoms with Gasteiger partial charge in [0.25, 0.3) is 0 Å². The number of likely N-dealkylation sites (N-methyl/N-ethyl adjacent to an activating group) is 1. The van der Waals surface area contributed by atoms with Crippen LogP contribution in [0.1, 0.15) is 20.3 Å². The molecule has 0 aliphatic carbocycles. The average Bonchev–Trinajstić information content (AvgIpc) is 2.03. The SMILES string of the molecule is CCC(=O)[N]CCN(C)C(C)=O. The van der Waals surface area contributed by atoms with Gasteiger partial charge in [-0.25, -0.2) is 5.32 Å². The summed E-state index contributed by atoms with van der Waals surface area (Å²) < 4.78 is 0. The molecular weight excluding hydrogens is 156 g/mol. The minimum Gasteiger partial charge on any atom is -0.344 e. The largest absolute Gasteiger partial charge is 0.344 e. The van der Waals surface area contributed by atoms with Crippen LogP contribution >= 0.6 is 0 Å². The maximum Gasteiger partial charge on any atom is 0.240 e. The molecule has 0 atom stereocenters. The van der Waals surface area contributed by atoms with Gasteiger partial charge in [-0.2, -0.15) is 0 Å². The highest BCUT2D eigenvalue weighted by atomic mass is 16.2. The Morgan fingerprint density at radius 2 is 2.00 bits per heavy atom. The first-order valence-corrected chi connectivity index (χ1v) is 4.00. The maximum atomic E-state index is 10.7. The molecule has 0 heterocycles. The average molecular weight is 171 g/mol. The summed E-state index contributed by atoms with van der Waals surface area (Å²) in [7, 11) is 1.69. The Kier molecular flexibility index (Phi) is 5.08. The highest BCUT2D eigenvalue weighted by Gasteiger charge is 2.03. The second-order valence-corrected chi connectivity index (χ2v) is 2.57. The molecule has 0 saturated heterocycles. The third-order valence-corrected chi connectivity index (χ3v) is 1.56. The quantitative estimate of drug-likeness (QED) is 0.598. The normalized spacial score (nSPS) is 9.25. The Bertz CT molecular complexity index is 168. The van der Waals surface area contributed by atoms with Crippen LogP contribution in [0, 0.1) is 0 Å². The fraction of sp³-hybridized carbons (Fsp3) is 0.750. The van der Waals surface area contributed by atoms with E-state index in [9.17, 15) is 9.59 Å². The van der Waals surface area contributed by atoms with Crippen molar-refractivity contribution >= 4 is 11.8 Å². The molecule has 0 aliphatic heterocycles. The van der Waals surface area contributed by atoms with E-state index in [1.54, 1.807) is 14.0 Å². The van der Waals surface area contributed by atoms with E-state index in [1.807, 2.05) is 0 Å². The lowest BCUT2D eigenvalue weighted by atomic mass is 10.4. The highest BCUT2D eigenvalue weighted by molar-refractivity contribution is 5.75. The molecule has 0 rings (SSSR count). The number of amides is 2. The standard InChI is InChI=1S/C8H15N2O2/c1-4-8(12)9-5-6-10(3)7(2)11/h4-6H2,1-3H3. The number of nitrogens with zero attached hydrogens (tertiary/aromatic N) is 2. The van der Waals surface area contributed by atoms with Gasteiger partial charge >= 0.3 is 0 Å². The Hall–Kier alpha value is -1.06. The summed E-state index contributed by atoms with van der Waals surface area (Å²) in [5.41, 5.74) is 0. The van der Waals surface area contributed by atoms with Gasteiger partial charge in [0.15, 0.2) is 0 Å². The molecule has 4 nitrogen and oxygen atoms in total. The molecule has 0 bridgehead atoms. The molecular formula is C8H15N2O2. The molecule has 4 heteroatoms. The monoisotopic (exact) mass is 171 g/mol. The molecule has 0 unspecified atom stereocenters. The summed E-state index contributed by atoms with van der Waals surface area (Å²) in [6.45, 7) is 4.17. The molecule has 69 valence electrons. The van der Waals surface area contributed by atoms with E-state index in [0.717, 1.165) is 0 Å². The van der Waals surface area contributed by atoms with Crippen molar-refractivity contribution in [1.29, 1.82) is 0 Å². The van der Waals surface area contributed by atoms with Crippen molar-refractivity contribution in [1.82, 2.24) is 10.2 Å². The summed E-state index contributed by atoms with van der Waals surface area (Å²) in [6, 6.07) is 0. The van der Waals surface area contributed by atoms with Gasteiger partial charge in [-0.05, 0) is 0 Å². The molecule has 0 spiro atoms. The molecule has 0 aromatic heterocycles. The van der Waals surface area contributed by atoms with Gasteiger partial charge in [-0.3, -0.25) is 9.59 Å². The van der Waals surface area contributed by atoms with Crippen LogP contribution < -0.4 is 5.32 Å². The van der Waals surface area contributed by atoms with E-state index in [2.05, 4.69) is 5.32 Å². The van der Waals surface area contributed by atoms with Crippen LogP contribution in [0.2, 0.25) is 0 Å². The molecule has 0 aromatic carbocycles. The zero-order valence-corrected chi connectivity index (χ0v) is 7.83. The van der Waals surface area contributed by atoms with Gasteiger partial charge in [-0.1, -0.05) is 6.92 Å². The van der Waals surface area contributed by atoms with Crippen LogP contribution in [-0.2, 0) is 9.59 Å². The van der Waals surface area contributed by atoms with Gasteiger partial charge in [0.1, 0.15) is 0 Å². The van der Waals surface area contributed by atoms with Gasteiger partial charge in [-0.15, -0.1) is 0 Å². The van der Waals surface area contributed by atoms with E-state index in [0.29, 0.717) is 19.5 Å². The molecule has 12 heavy (non-hydrogen) atoms. The molecule has 0 aliphatic rings. The molecule has 0 aromatic rings. The minimum atomic E-state index is -0.105. The van der Waals surface area contributed by atoms with Crippen molar-refractivity contribution in [2.24, 2.45) is 0 Å². The molecule has 0 saturated carbocycles. The second-order valence-electron chi connectivity index (χ2n) is 2.57. The van der Waals surface area contributed by atoms with Crippen LogP contribution in [0.5, 0.6) is 0 Å². The molecule has 1 radical (unpaired) electrons. The molecule has 0 fully saturated rings. The van der Waals surface area contributed by atoms with Crippen LogP contribution in [0.25, 0.3) is 0 Å². The fourth-order valence-corrected chi connectivity index (χ4v) is 0.594. The highest BCUT2D eigenvalue weighted by Crippen LogP contribution is 1.83. The smallest absolute Gasteiger partial charge is 0.240 e. The van der Waals surface area contributed by atoms with Gasteiger partial charge in [0.2, 0.25) is 11.8 Å². The van der Waals surface area contributed by atoms with E-state index < -0.39 is 0 Å². The first-order valence-electron chi connectivity index (χ1n) is 4.00. The van der Waals surface area contributed by atoms with Gasteiger partial charge in [0.05, 0.1) is 6.54 Å². The third kappa shape index (κ3) is 4.71. The first kappa shape index (κ1) is 10.9. The minimum absolute atomic E-state index is 0.00542. The topological polar surface area (TPSA) is 51.5 Å². The number of carbonyl (C=O) groups excluding carboxylic acids is 2. The van der Waals surface area contributed by atoms with Gasteiger partial charge < -0.3 is 4.90 Å². The first-order chi connectivity index (χ1) is 5.57. The molecule has 2 amide bonds. The van der Waals surface area contributed by atoms with Gasteiger partial charge in [0, 0.05) is 26.9 Å². The Morgan fingerprint density at radius 3 is 2.42 bits per heavy atom. The van der Waals surface area contributed by atoms with Crippen molar-refractivity contribution < 1.29 is 9.59 Å². The van der Waals surface area contributed by atoms with Crippen LogP contribution in [-0.4, -0.2) is 36.9 Å². The lowest BCUT2D eigenvalue weighted by molar-refractivity contribution is -0.128. The van der Waals surface area contributed by atoms with E-state index in [4.69, 9.17) is 0 Å². The zero-order chi connectivity index (χ0) is 9.56. The summed E-state index contributed by atoms with van der Waals surface area (Å²) in [5.74, 6) is -0.110. The number of hydrogen-bond acceptors (Lipinski definition) is 2. The fourth-order valence-electron chi connectivity index (χ4n) is 0.594. The van der Waals surface area contributed by atoms with E-state index in [1.165, 1.54) is 11.8 Å². The number of hydrogen-bond donors (Lipinski definition) is 0. The Labute approximate surface area is 72.9 Å². The Balaban J connectivity index is 3.43. The summed E-state index contributed by atoms with van der Waals surface area (Å²) in [6.07, 6.45) is 0.434. The van der Waals surface area contributed by atoms with Crippen molar-refractivity contribution in [3.05, 3.63) is 0 Å². The molecule has 0 N–H and O–H groups in total. The van der Waals surface area contributed by atoms with Crippen molar-refractivity contribution in [2.75, 3.05) is 20.1 Å². The summed E-state index contributed by atoms with van der Waals surface area (Å²) in [4.78, 5) is 22.9. The third-order valence-electron chi connectivity index (χ3n) is 1.56. The van der Waals surface area contributed by atoms with Crippen LogP contribution in [0.4, 0.5) is 0 Å². The Morgan fingerprint density at radius 1 is 1.42 bits per heavy atom.